The number of amides is 14. The number of hydrogen-bond donors (Lipinski definition) is 18. The molecule has 2 aromatic carbocycles. The molecule has 2 fully saturated rings. The summed E-state index contributed by atoms with van der Waals surface area (Å²) in [7, 11) is 1.73. The lowest BCUT2D eigenvalue weighted by atomic mass is 10.0. The minimum absolute atomic E-state index is 0.0517. The lowest BCUT2D eigenvalue weighted by Crippen LogP contribution is -2.61. The molecule has 0 aliphatic carbocycles. The third-order valence-electron chi connectivity index (χ3n) is 13.0. The fourth-order valence-electron chi connectivity index (χ4n) is 8.62. The second-order valence-electron chi connectivity index (χ2n) is 20.7. The van der Waals surface area contributed by atoms with E-state index in [1.807, 2.05) is 0 Å². The summed E-state index contributed by atoms with van der Waals surface area (Å²) >= 11 is 0. The van der Waals surface area contributed by atoms with Crippen molar-refractivity contribution in [2.45, 2.75) is 126 Å². The summed E-state index contributed by atoms with van der Waals surface area (Å²) in [5.41, 5.74) is 28.1. The van der Waals surface area contributed by atoms with Crippen LogP contribution in [0.1, 0.15) is 76.3 Å². The minimum Gasteiger partial charge on any atom is -0.508 e. The Morgan fingerprint density at radius 1 is 0.613 bits per heavy atom. The van der Waals surface area contributed by atoms with Crippen molar-refractivity contribution in [1.82, 2.24) is 58.1 Å². The Kier molecular flexibility index (Phi) is 36.3. The average molecular weight is 1350 g/mol. The Balaban J connectivity index is 0.00000347. The minimum atomic E-state index is -1.87. The molecule has 37 heteroatoms. The number of carboxylic acid groups (broad SMARTS) is 2. The molecule has 0 bridgehead atoms. The summed E-state index contributed by atoms with van der Waals surface area (Å²) in [6, 6.07) is 1.48. The van der Waals surface area contributed by atoms with Crippen molar-refractivity contribution in [3.63, 3.8) is 0 Å². The van der Waals surface area contributed by atoms with Crippen LogP contribution in [0.5, 0.6) is 5.75 Å². The van der Waals surface area contributed by atoms with Crippen LogP contribution < -0.4 is 81.8 Å². The number of aromatic hydroxyl groups is 1. The van der Waals surface area contributed by atoms with Gasteiger partial charge in [0.2, 0.25) is 82.7 Å². The number of unbranched alkanes of at least 4 members (excludes halogenated alkanes) is 1. The number of nitrogens with one attached hydrogen (secondary N) is 10. The number of carboxylic acids is 2. The molecule has 8 atom stereocenters. The van der Waals surface area contributed by atoms with Gasteiger partial charge in [-0.1, -0.05) is 64.1 Å². The Labute approximate surface area is 541 Å². The lowest BCUT2D eigenvalue weighted by Gasteiger charge is -2.31. The molecule has 35 nitrogen and oxygen atoms in total. The SMILES string of the molecule is CC(=O)O.CC(=O)O.NCCCC[C@H](NC(=O)[C@@H]1CCCN1C(=O)C1CSSC[C@H](NC(=O)CNC(=O)CNC(=O)CN)C(=O)NC(Cc2ccc(O)cc2)C(=O)N[C@@H](Cc2ccccc2)C(=O)N[C@@H](CCC(N)=O)C(=O)NC(CC(N)=O)C(=O)N1)C(=O)NCC(N)=O. The second-order valence-corrected chi connectivity index (χ2v) is 23.3. The Morgan fingerprint density at radius 3 is 1.71 bits per heavy atom. The van der Waals surface area contributed by atoms with Crippen LogP contribution in [0.25, 0.3) is 0 Å². The van der Waals surface area contributed by atoms with Gasteiger partial charge in [-0.25, -0.2) is 0 Å². The first-order chi connectivity index (χ1) is 43.9. The van der Waals surface area contributed by atoms with Gasteiger partial charge >= 0.3 is 0 Å². The van der Waals surface area contributed by atoms with Crippen molar-refractivity contribution in [1.29, 1.82) is 0 Å². The van der Waals surface area contributed by atoms with E-state index in [9.17, 15) is 72.2 Å². The van der Waals surface area contributed by atoms with Gasteiger partial charge in [0.05, 0.1) is 32.6 Å². The number of benzene rings is 2. The Morgan fingerprint density at radius 2 is 1.14 bits per heavy atom. The number of primary amides is 3. The van der Waals surface area contributed by atoms with Crippen molar-refractivity contribution in [2.24, 2.45) is 28.7 Å². The van der Waals surface area contributed by atoms with Gasteiger partial charge in [0.1, 0.15) is 54.1 Å². The topological polar surface area (TPSA) is 587 Å². The fourth-order valence-corrected chi connectivity index (χ4v) is 10.9. The Bertz CT molecular complexity index is 2930. The number of aliphatic carboxylic acids is 2. The van der Waals surface area contributed by atoms with Crippen LogP contribution in [0.2, 0.25) is 0 Å². The van der Waals surface area contributed by atoms with Crippen LogP contribution in [0.3, 0.4) is 0 Å². The van der Waals surface area contributed by atoms with Crippen molar-refractivity contribution in [3.8, 4) is 5.75 Å². The van der Waals surface area contributed by atoms with Gasteiger partial charge in [0, 0.05) is 51.2 Å². The second kappa shape index (κ2) is 42.4. The molecule has 23 N–H and O–H groups in total. The maximum atomic E-state index is 14.8. The molecule has 2 aliphatic heterocycles. The van der Waals surface area contributed by atoms with Crippen LogP contribution in [0.15, 0.2) is 54.6 Å². The number of likely N-dealkylation sites (tertiary alicyclic amines) is 1. The highest BCUT2D eigenvalue weighted by atomic mass is 33.1. The third-order valence-corrected chi connectivity index (χ3v) is 15.4. The molecule has 0 radical (unpaired) electrons. The largest absolute Gasteiger partial charge is 0.508 e. The number of phenolic OH excluding ortho intramolecular Hbond substituents is 1. The van der Waals surface area contributed by atoms with E-state index < -0.39 is 194 Å². The molecule has 2 saturated heterocycles. The molecular weight excluding hydrogens is 1260 g/mol. The highest BCUT2D eigenvalue weighted by Gasteiger charge is 2.41. The number of nitrogens with two attached hydrogens (primary N) is 5. The van der Waals surface area contributed by atoms with E-state index in [2.05, 4.69) is 53.2 Å². The van der Waals surface area contributed by atoms with Gasteiger partial charge in [-0.15, -0.1) is 0 Å². The van der Waals surface area contributed by atoms with Gasteiger partial charge in [0.25, 0.3) is 11.9 Å². The highest BCUT2D eigenvalue weighted by Crippen LogP contribution is 2.26. The predicted molar refractivity (Wildman–Crippen MR) is 334 cm³/mol. The molecule has 2 aromatic rings. The van der Waals surface area contributed by atoms with Crippen LogP contribution in [-0.4, -0.2) is 214 Å². The average Bonchev–Trinajstić information content (AvgIpc) is 1.82. The summed E-state index contributed by atoms with van der Waals surface area (Å²) < 4.78 is 0. The first-order valence-electron chi connectivity index (χ1n) is 28.9. The first kappa shape index (κ1) is 79.5. The summed E-state index contributed by atoms with van der Waals surface area (Å²) in [5.74, 6) is -15.5. The molecule has 0 aromatic heterocycles. The Hall–Kier alpha value is -9.62. The van der Waals surface area contributed by atoms with E-state index >= 15 is 0 Å². The third kappa shape index (κ3) is 32.3. The van der Waals surface area contributed by atoms with E-state index in [0.717, 1.165) is 40.3 Å². The molecule has 3 unspecified atom stereocenters. The monoisotopic (exact) mass is 1350 g/mol. The van der Waals surface area contributed by atoms with E-state index in [-0.39, 0.29) is 56.7 Å². The van der Waals surface area contributed by atoms with Crippen molar-refractivity contribution >= 4 is 116 Å². The predicted octanol–water partition coefficient (Wildman–Crippen LogP) is -6.80. The van der Waals surface area contributed by atoms with E-state index in [1.165, 1.54) is 24.3 Å². The zero-order valence-corrected chi connectivity index (χ0v) is 52.7. The number of rotatable bonds is 25. The molecule has 2 aliphatic rings. The molecule has 2 heterocycles. The number of carbonyl (C=O) groups is 16. The fraction of sp³-hybridized carbons (Fsp3) is 0.500. The van der Waals surface area contributed by atoms with Gasteiger partial charge in [-0.2, -0.15) is 0 Å². The molecule has 14 amide bonds. The van der Waals surface area contributed by atoms with Gasteiger partial charge in [-0.3, -0.25) is 76.7 Å². The molecule has 512 valence electrons. The van der Waals surface area contributed by atoms with Crippen LogP contribution in [0, 0.1) is 0 Å². The number of phenols is 1. The van der Waals surface area contributed by atoms with Gasteiger partial charge < -0.3 is 102 Å². The van der Waals surface area contributed by atoms with Crippen molar-refractivity contribution in [2.75, 3.05) is 50.8 Å². The highest BCUT2D eigenvalue weighted by molar-refractivity contribution is 8.76. The zero-order chi connectivity index (χ0) is 69.7. The smallest absolute Gasteiger partial charge is 0.300 e. The number of carbonyl (C=O) groups excluding carboxylic acids is 14. The van der Waals surface area contributed by atoms with E-state index in [4.69, 9.17) is 48.5 Å². The standard InChI is InChI=1S/C52H74N16O15S2.2C2H4O2/c53-17-5-4-9-31(45(76)60-23-41(57)72)63-51(82)38-10-6-18-68(38)52(83)37-27-85-84-26-36(61-44(75)25-59-43(74)24-58-42(73)22-54)50(81)65-34(20-29-11-13-30(69)14-12-29)48(79)64-33(19-28-7-2-1-3-8-28)47(78)62-32(15-16-39(55)70)46(77)66-35(21-40(56)71)49(80)67-37;2*1-2(3)4/h1-3,7-8,11-14,31-38,69H,4-6,9-10,15-27,53-54H2,(H2,55,70)(H2,56,71)(H2,57,72)(H,58,73)(H,59,74)(H,60,76)(H,61,75)(H,62,78)(H,63,82)(H,64,79)(H,65,81)(H,66,77)(H,67,80);2*1H3,(H,3,4)/t31-,32-,33-,34?,35?,36-,37?,38-;;/m0../s1. The molecule has 0 saturated carbocycles. The summed E-state index contributed by atoms with van der Waals surface area (Å²) in [4.78, 5) is 208. The maximum Gasteiger partial charge on any atom is 0.300 e. The number of hydrogen-bond acceptors (Lipinski definition) is 21. The van der Waals surface area contributed by atoms with Crippen LogP contribution >= 0.6 is 21.6 Å². The number of nitrogens with zero attached hydrogens (tertiary/aromatic N) is 1. The van der Waals surface area contributed by atoms with E-state index in [0.29, 0.717) is 24.0 Å². The molecule has 4 rings (SSSR count). The van der Waals surface area contributed by atoms with Crippen LogP contribution in [0.4, 0.5) is 0 Å². The van der Waals surface area contributed by atoms with Crippen molar-refractivity contribution < 1.29 is 92.0 Å². The van der Waals surface area contributed by atoms with Gasteiger partial charge in [-0.05, 0) is 68.3 Å². The van der Waals surface area contributed by atoms with E-state index in [1.54, 1.807) is 30.3 Å². The van der Waals surface area contributed by atoms with Crippen LogP contribution in [-0.2, 0) is 89.6 Å². The first-order valence-corrected chi connectivity index (χ1v) is 31.4. The molecular formula is C56H82N16O19S2. The lowest BCUT2D eigenvalue weighted by molar-refractivity contribution is -0.142. The summed E-state index contributed by atoms with van der Waals surface area (Å²) in [6.45, 7) is 0.156. The zero-order valence-electron chi connectivity index (χ0n) is 51.1. The summed E-state index contributed by atoms with van der Waals surface area (Å²) in [5, 5.41) is 49.6. The maximum absolute atomic E-state index is 14.8. The molecule has 0 spiro atoms. The van der Waals surface area contributed by atoms with Crippen molar-refractivity contribution in [3.05, 3.63) is 65.7 Å². The molecule has 93 heavy (non-hydrogen) atoms. The quantitative estimate of drug-likeness (QED) is 0.0324. The summed E-state index contributed by atoms with van der Waals surface area (Å²) in [6.07, 6.45) is -1.13. The normalized spacial score (nSPS) is 19.9. The van der Waals surface area contributed by atoms with Gasteiger partial charge in [0.15, 0.2) is 0 Å².